The number of rotatable bonds is 8. The summed E-state index contributed by atoms with van der Waals surface area (Å²) >= 11 is 0. The highest BCUT2D eigenvalue weighted by molar-refractivity contribution is 7.86. The Morgan fingerprint density at radius 2 is 1.71 bits per heavy atom. The van der Waals surface area contributed by atoms with E-state index in [-0.39, 0.29) is 6.61 Å². The topological polar surface area (TPSA) is 137 Å². The molecule has 0 saturated carbocycles. The molecule has 10 nitrogen and oxygen atoms in total. The van der Waals surface area contributed by atoms with Crippen molar-refractivity contribution in [3.63, 3.8) is 0 Å². The van der Waals surface area contributed by atoms with E-state index >= 15 is 0 Å². The number of nitrogens with one attached hydrogen (secondary N) is 2. The van der Waals surface area contributed by atoms with Crippen LogP contribution in [0.2, 0.25) is 0 Å². The molecule has 0 bridgehead atoms. The zero-order valence-corrected chi connectivity index (χ0v) is 15.2. The molecule has 0 aromatic rings. The van der Waals surface area contributed by atoms with Crippen LogP contribution in [0.1, 0.15) is 27.7 Å². The quantitative estimate of drug-likeness (QED) is 0.433. The molecule has 0 radical (unpaired) electrons. The van der Waals surface area contributed by atoms with Gasteiger partial charge < -0.3 is 20.1 Å². The van der Waals surface area contributed by atoms with Crippen molar-refractivity contribution in [2.45, 2.75) is 39.4 Å². The molecule has 0 aliphatic rings. The van der Waals surface area contributed by atoms with Gasteiger partial charge in [0.25, 0.3) is 16.0 Å². The van der Waals surface area contributed by atoms with Crippen molar-refractivity contribution in [1.29, 1.82) is 0 Å². The third-order valence-corrected chi connectivity index (χ3v) is 2.71. The van der Waals surface area contributed by atoms with Crippen LogP contribution in [0.15, 0.2) is 0 Å². The molecule has 1 unspecified atom stereocenters. The SMILES string of the molecule is CCOC(=O)CNC(=O)C(CNC(=O)OC(C)(C)C)OS(C)(=O)=O. The number of amides is 2. The summed E-state index contributed by atoms with van der Waals surface area (Å²) in [6, 6.07) is 0. The minimum absolute atomic E-state index is 0.137. The average Bonchev–Trinajstić information content (AvgIpc) is 2.38. The van der Waals surface area contributed by atoms with Crippen molar-refractivity contribution < 1.29 is 36.5 Å². The maximum absolute atomic E-state index is 11.9. The van der Waals surface area contributed by atoms with Gasteiger partial charge in [-0.3, -0.25) is 13.8 Å². The molecule has 0 aliphatic carbocycles. The van der Waals surface area contributed by atoms with E-state index < -0.39 is 52.9 Å². The number of carbonyl (C=O) groups excluding carboxylic acids is 3. The Balaban J connectivity index is 4.71. The van der Waals surface area contributed by atoms with Gasteiger partial charge in [0, 0.05) is 0 Å². The third kappa shape index (κ3) is 11.7. The highest BCUT2D eigenvalue weighted by Crippen LogP contribution is 2.06. The predicted molar refractivity (Wildman–Crippen MR) is 83.6 cm³/mol. The Morgan fingerprint density at radius 3 is 2.17 bits per heavy atom. The van der Waals surface area contributed by atoms with Crippen LogP contribution in [-0.4, -0.2) is 64.0 Å². The van der Waals surface area contributed by atoms with Gasteiger partial charge in [-0.2, -0.15) is 8.42 Å². The highest BCUT2D eigenvalue weighted by atomic mass is 32.2. The maximum atomic E-state index is 11.9. The maximum Gasteiger partial charge on any atom is 0.407 e. The lowest BCUT2D eigenvalue weighted by Gasteiger charge is -2.21. The summed E-state index contributed by atoms with van der Waals surface area (Å²) in [6.45, 7) is 5.74. The first kappa shape index (κ1) is 22.1. The summed E-state index contributed by atoms with van der Waals surface area (Å²) < 4.78 is 36.6. The standard InChI is InChI=1S/C13H24N2O8S/c1-6-21-10(16)8-14-11(17)9(23-24(5,19)20)7-15-12(18)22-13(2,3)4/h9H,6-8H2,1-5H3,(H,14,17)(H,15,18). The summed E-state index contributed by atoms with van der Waals surface area (Å²) in [6.07, 6.45) is -1.64. The molecular formula is C13H24N2O8S. The fourth-order valence-corrected chi connectivity index (χ4v) is 1.93. The fourth-order valence-electron chi connectivity index (χ4n) is 1.36. The van der Waals surface area contributed by atoms with Gasteiger partial charge in [-0.25, -0.2) is 4.79 Å². The number of hydrogen-bond donors (Lipinski definition) is 2. The molecule has 0 heterocycles. The van der Waals surface area contributed by atoms with Gasteiger partial charge in [0.05, 0.1) is 19.4 Å². The summed E-state index contributed by atoms with van der Waals surface area (Å²) in [5.41, 5.74) is -0.760. The number of esters is 1. The molecule has 140 valence electrons. The second-order valence-electron chi connectivity index (χ2n) is 5.69. The van der Waals surface area contributed by atoms with Crippen molar-refractivity contribution in [3.8, 4) is 0 Å². The van der Waals surface area contributed by atoms with E-state index in [4.69, 9.17) is 4.74 Å². The second-order valence-corrected chi connectivity index (χ2v) is 7.30. The summed E-state index contributed by atoms with van der Waals surface area (Å²) in [5.74, 6) is -1.59. The van der Waals surface area contributed by atoms with Gasteiger partial charge >= 0.3 is 12.1 Å². The Labute approximate surface area is 141 Å². The summed E-state index contributed by atoms with van der Waals surface area (Å²) in [4.78, 5) is 34.7. The lowest BCUT2D eigenvalue weighted by Crippen LogP contribution is -2.47. The number of hydrogen-bond acceptors (Lipinski definition) is 8. The first-order chi connectivity index (χ1) is 10.8. The summed E-state index contributed by atoms with van der Waals surface area (Å²) in [5, 5.41) is 4.39. The molecule has 0 spiro atoms. The summed E-state index contributed by atoms with van der Waals surface area (Å²) in [7, 11) is -3.97. The van der Waals surface area contributed by atoms with Crippen LogP contribution < -0.4 is 10.6 Å². The van der Waals surface area contributed by atoms with Crippen LogP contribution in [0.25, 0.3) is 0 Å². The first-order valence-corrected chi connectivity index (χ1v) is 8.94. The van der Waals surface area contributed by atoms with Crippen LogP contribution in [0.5, 0.6) is 0 Å². The van der Waals surface area contributed by atoms with Crippen molar-refractivity contribution >= 4 is 28.1 Å². The van der Waals surface area contributed by atoms with E-state index in [0.29, 0.717) is 0 Å². The molecule has 0 saturated heterocycles. The van der Waals surface area contributed by atoms with E-state index in [1.165, 1.54) is 0 Å². The normalized spacial score (nSPS) is 12.9. The van der Waals surface area contributed by atoms with Gasteiger partial charge in [-0.15, -0.1) is 0 Å². The van der Waals surface area contributed by atoms with Gasteiger partial charge in [0.2, 0.25) is 0 Å². The predicted octanol–water partition coefficient (Wildman–Crippen LogP) is -0.465. The second kappa shape index (κ2) is 9.42. The zero-order chi connectivity index (χ0) is 19.0. The van der Waals surface area contributed by atoms with Crippen LogP contribution in [-0.2, 0) is 33.4 Å². The Bertz CT molecular complexity index is 553. The van der Waals surface area contributed by atoms with E-state index in [2.05, 4.69) is 19.6 Å². The molecule has 0 aromatic carbocycles. The van der Waals surface area contributed by atoms with E-state index in [0.717, 1.165) is 6.26 Å². The smallest absolute Gasteiger partial charge is 0.407 e. The molecule has 0 fully saturated rings. The molecule has 2 amide bonds. The monoisotopic (exact) mass is 368 g/mol. The minimum atomic E-state index is -3.97. The molecular weight excluding hydrogens is 344 g/mol. The van der Waals surface area contributed by atoms with Crippen LogP contribution >= 0.6 is 0 Å². The van der Waals surface area contributed by atoms with Crippen molar-refractivity contribution in [1.82, 2.24) is 10.6 Å². The van der Waals surface area contributed by atoms with Crippen LogP contribution in [0, 0.1) is 0 Å². The van der Waals surface area contributed by atoms with Crippen LogP contribution in [0.4, 0.5) is 4.79 Å². The van der Waals surface area contributed by atoms with Gasteiger partial charge in [-0.1, -0.05) is 0 Å². The zero-order valence-electron chi connectivity index (χ0n) is 14.4. The lowest BCUT2D eigenvalue weighted by molar-refractivity contribution is -0.144. The van der Waals surface area contributed by atoms with E-state index in [1.54, 1.807) is 27.7 Å². The Hall–Kier alpha value is -1.88. The first-order valence-electron chi connectivity index (χ1n) is 7.12. The van der Waals surface area contributed by atoms with Crippen molar-refractivity contribution in [2.24, 2.45) is 0 Å². The van der Waals surface area contributed by atoms with Crippen LogP contribution in [0.3, 0.4) is 0 Å². The lowest BCUT2D eigenvalue weighted by atomic mass is 10.2. The largest absolute Gasteiger partial charge is 0.465 e. The average molecular weight is 368 g/mol. The van der Waals surface area contributed by atoms with E-state index in [9.17, 15) is 22.8 Å². The number of carbonyl (C=O) groups is 3. The molecule has 0 aromatic heterocycles. The molecule has 0 aliphatic heterocycles. The number of ether oxygens (including phenoxy) is 2. The highest BCUT2D eigenvalue weighted by Gasteiger charge is 2.26. The molecule has 11 heteroatoms. The van der Waals surface area contributed by atoms with Crippen molar-refractivity contribution in [2.75, 3.05) is 26.0 Å². The molecule has 24 heavy (non-hydrogen) atoms. The van der Waals surface area contributed by atoms with Crippen molar-refractivity contribution in [3.05, 3.63) is 0 Å². The van der Waals surface area contributed by atoms with Gasteiger partial charge in [0.1, 0.15) is 12.1 Å². The third-order valence-electron chi connectivity index (χ3n) is 2.13. The molecule has 0 rings (SSSR count). The van der Waals surface area contributed by atoms with Gasteiger partial charge in [-0.05, 0) is 27.7 Å². The number of alkyl carbamates (subject to hydrolysis) is 1. The molecule has 1 atom stereocenters. The van der Waals surface area contributed by atoms with E-state index in [1.807, 2.05) is 0 Å². The Morgan fingerprint density at radius 1 is 1.12 bits per heavy atom. The fraction of sp³-hybridized carbons (Fsp3) is 0.769. The van der Waals surface area contributed by atoms with Gasteiger partial charge in [0.15, 0.2) is 6.10 Å². The Kier molecular flexibility index (Phi) is 8.69. The molecule has 2 N–H and O–H groups in total. The minimum Gasteiger partial charge on any atom is -0.465 e.